The van der Waals surface area contributed by atoms with Crippen LogP contribution in [0.25, 0.3) is 0 Å². The lowest BCUT2D eigenvalue weighted by molar-refractivity contribution is 0.473. The molecule has 100 valence electrons. The minimum Gasteiger partial charge on any atom is -0.456 e. The topological polar surface area (TPSA) is 34.1 Å². The van der Waals surface area contributed by atoms with Gasteiger partial charge in [0.2, 0.25) is 0 Å². The molecule has 3 nitrogen and oxygen atoms in total. The van der Waals surface area contributed by atoms with Crippen LogP contribution in [0.1, 0.15) is 13.3 Å². The first-order chi connectivity index (χ1) is 9.19. The molecule has 1 aromatic heterocycles. The number of hydrogen-bond acceptors (Lipinski definition) is 3. The largest absolute Gasteiger partial charge is 0.456 e. The minimum absolute atomic E-state index is 0.336. The monoisotopic (exact) mass is 324 g/mol. The number of anilines is 1. The van der Waals surface area contributed by atoms with E-state index in [2.05, 4.69) is 33.2 Å². The van der Waals surface area contributed by atoms with Gasteiger partial charge < -0.3 is 10.1 Å². The third-order valence-corrected chi connectivity index (χ3v) is 3.06. The summed E-state index contributed by atoms with van der Waals surface area (Å²) in [6.07, 6.45) is 2.67. The molecule has 0 unspecified atom stereocenters. The average molecular weight is 325 g/mol. The van der Waals surface area contributed by atoms with Gasteiger partial charge in [0.1, 0.15) is 23.1 Å². The molecule has 0 amide bonds. The van der Waals surface area contributed by atoms with E-state index in [1.807, 2.05) is 0 Å². The standard InChI is InChI=1S/C14H14BrFN2O/c1-2-6-17-14-9-11(5-7-18-14)19-13-8-10(16)3-4-12(13)15/h3-5,7-9H,2,6H2,1H3,(H,17,18). The lowest BCUT2D eigenvalue weighted by atomic mass is 10.3. The van der Waals surface area contributed by atoms with Crippen molar-refractivity contribution in [2.24, 2.45) is 0 Å². The Morgan fingerprint density at radius 1 is 1.32 bits per heavy atom. The molecule has 0 saturated heterocycles. The van der Waals surface area contributed by atoms with Crippen molar-refractivity contribution in [2.45, 2.75) is 13.3 Å². The Hall–Kier alpha value is -1.62. The minimum atomic E-state index is -0.336. The van der Waals surface area contributed by atoms with Crippen LogP contribution in [0.2, 0.25) is 0 Å². The average Bonchev–Trinajstić information content (AvgIpc) is 2.41. The number of hydrogen-bond donors (Lipinski definition) is 1. The van der Waals surface area contributed by atoms with E-state index in [1.54, 1.807) is 24.4 Å². The highest BCUT2D eigenvalue weighted by Gasteiger charge is 2.05. The van der Waals surface area contributed by atoms with E-state index in [0.29, 0.717) is 16.0 Å². The summed E-state index contributed by atoms with van der Waals surface area (Å²) in [6.45, 7) is 2.93. The Morgan fingerprint density at radius 2 is 2.16 bits per heavy atom. The summed E-state index contributed by atoms with van der Waals surface area (Å²) in [5, 5.41) is 3.17. The molecule has 1 N–H and O–H groups in total. The van der Waals surface area contributed by atoms with Gasteiger partial charge in [-0.2, -0.15) is 0 Å². The normalized spacial score (nSPS) is 10.3. The third kappa shape index (κ3) is 3.92. The summed E-state index contributed by atoms with van der Waals surface area (Å²) < 4.78 is 19.5. The van der Waals surface area contributed by atoms with E-state index in [4.69, 9.17) is 4.74 Å². The highest BCUT2D eigenvalue weighted by Crippen LogP contribution is 2.30. The zero-order valence-electron chi connectivity index (χ0n) is 10.5. The molecule has 0 atom stereocenters. The smallest absolute Gasteiger partial charge is 0.144 e. The second-order valence-electron chi connectivity index (χ2n) is 3.98. The Balaban J connectivity index is 2.16. The number of nitrogens with zero attached hydrogens (tertiary/aromatic N) is 1. The van der Waals surface area contributed by atoms with Gasteiger partial charge in [0, 0.05) is 24.9 Å². The first-order valence-electron chi connectivity index (χ1n) is 6.02. The number of pyridine rings is 1. The molecule has 0 saturated carbocycles. The van der Waals surface area contributed by atoms with Crippen molar-refractivity contribution in [2.75, 3.05) is 11.9 Å². The quantitative estimate of drug-likeness (QED) is 0.872. The molecule has 19 heavy (non-hydrogen) atoms. The summed E-state index contributed by atoms with van der Waals surface area (Å²) in [6, 6.07) is 7.84. The molecule has 0 spiro atoms. The Morgan fingerprint density at radius 3 is 2.95 bits per heavy atom. The maximum absolute atomic E-state index is 13.2. The van der Waals surface area contributed by atoms with Crippen LogP contribution in [0.15, 0.2) is 41.0 Å². The predicted octanol–water partition coefficient (Wildman–Crippen LogP) is 4.60. The first kappa shape index (κ1) is 13.8. The van der Waals surface area contributed by atoms with E-state index >= 15 is 0 Å². The van der Waals surface area contributed by atoms with Crippen molar-refractivity contribution in [3.63, 3.8) is 0 Å². The molecule has 1 heterocycles. The molecule has 5 heteroatoms. The third-order valence-electron chi connectivity index (χ3n) is 2.41. The summed E-state index contributed by atoms with van der Waals surface area (Å²) in [7, 11) is 0. The lowest BCUT2D eigenvalue weighted by Gasteiger charge is -2.09. The number of halogens is 2. The van der Waals surface area contributed by atoms with Gasteiger partial charge in [-0.25, -0.2) is 9.37 Å². The molecule has 0 aliphatic heterocycles. The fourth-order valence-electron chi connectivity index (χ4n) is 1.51. The molecule has 2 aromatic rings. The van der Waals surface area contributed by atoms with E-state index in [0.717, 1.165) is 18.8 Å². The van der Waals surface area contributed by atoms with Gasteiger partial charge in [-0.15, -0.1) is 0 Å². The molecular weight excluding hydrogens is 311 g/mol. The molecule has 0 aliphatic rings. The summed E-state index contributed by atoms with van der Waals surface area (Å²) in [5.74, 6) is 1.45. The Kier molecular flexibility index (Phi) is 4.74. The predicted molar refractivity (Wildman–Crippen MR) is 77.2 cm³/mol. The van der Waals surface area contributed by atoms with Gasteiger partial charge in [0.25, 0.3) is 0 Å². The van der Waals surface area contributed by atoms with Crippen molar-refractivity contribution in [1.82, 2.24) is 4.98 Å². The van der Waals surface area contributed by atoms with Crippen LogP contribution in [0.4, 0.5) is 10.2 Å². The highest BCUT2D eigenvalue weighted by atomic mass is 79.9. The summed E-state index contributed by atoms with van der Waals surface area (Å²) in [4.78, 5) is 4.18. The van der Waals surface area contributed by atoms with E-state index in [1.165, 1.54) is 12.1 Å². The van der Waals surface area contributed by atoms with Gasteiger partial charge in [0.15, 0.2) is 0 Å². The molecule has 1 aromatic carbocycles. The van der Waals surface area contributed by atoms with Crippen molar-refractivity contribution in [3.8, 4) is 11.5 Å². The molecule has 0 aliphatic carbocycles. The number of ether oxygens (including phenoxy) is 1. The van der Waals surface area contributed by atoms with Crippen LogP contribution in [-0.2, 0) is 0 Å². The number of aromatic nitrogens is 1. The molecular formula is C14H14BrFN2O. The van der Waals surface area contributed by atoms with Crippen molar-refractivity contribution in [1.29, 1.82) is 0 Å². The van der Waals surface area contributed by atoms with Crippen molar-refractivity contribution < 1.29 is 9.13 Å². The first-order valence-corrected chi connectivity index (χ1v) is 6.81. The zero-order chi connectivity index (χ0) is 13.7. The zero-order valence-corrected chi connectivity index (χ0v) is 12.1. The second-order valence-corrected chi connectivity index (χ2v) is 4.83. The van der Waals surface area contributed by atoms with Crippen molar-refractivity contribution >= 4 is 21.7 Å². The van der Waals surface area contributed by atoms with Gasteiger partial charge in [-0.1, -0.05) is 6.92 Å². The molecule has 0 radical (unpaired) electrons. The van der Waals surface area contributed by atoms with E-state index < -0.39 is 0 Å². The fourth-order valence-corrected chi connectivity index (χ4v) is 1.83. The Labute approximate surface area is 119 Å². The van der Waals surface area contributed by atoms with Gasteiger partial charge in [-0.3, -0.25) is 0 Å². The number of rotatable bonds is 5. The van der Waals surface area contributed by atoms with Crippen LogP contribution in [0, 0.1) is 5.82 Å². The van der Waals surface area contributed by atoms with Crippen LogP contribution in [-0.4, -0.2) is 11.5 Å². The van der Waals surface area contributed by atoms with Crippen molar-refractivity contribution in [3.05, 3.63) is 46.8 Å². The SMILES string of the molecule is CCCNc1cc(Oc2cc(F)ccc2Br)ccn1. The van der Waals surface area contributed by atoms with Crippen LogP contribution in [0.3, 0.4) is 0 Å². The molecule has 0 fully saturated rings. The number of nitrogens with one attached hydrogen (secondary N) is 1. The van der Waals surface area contributed by atoms with Crippen LogP contribution in [0.5, 0.6) is 11.5 Å². The van der Waals surface area contributed by atoms with Gasteiger partial charge in [-0.05, 0) is 40.5 Å². The lowest BCUT2D eigenvalue weighted by Crippen LogP contribution is -2.01. The summed E-state index contributed by atoms with van der Waals surface area (Å²) >= 11 is 3.33. The van der Waals surface area contributed by atoms with Crippen LogP contribution < -0.4 is 10.1 Å². The van der Waals surface area contributed by atoms with E-state index in [9.17, 15) is 4.39 Å². The maximum atomic E-state index is 13.2. The highest BCUT2D eigenvalue weighted by molar-refractivity contribution is 9.10. The van der Waals surface area contributed by atoms with E-state index in [-0.39, 0.29) is 5.82 Å². The fraction of sp³-hybridized carbons (Fsp3) is 0.214. The Bertz CT molecular complexity index is 563. The maximum Gasteiger partial charge on any atom is 0.144 e. The molecule has 0 bridgehead atoms. The van der Waals surface area contributed by atoms with Gasteiger partial charge in [0.05, 0.1) is 4.47 Å². The summed E-state index contributed by atoms with van der Waals surface area (Å²) in [5.41, 5.74) is 0. The molecule has 2 rings (SSSR count). The second kappa shape index (κ2) is 6.52. The number of benzene rings is 1. The van der Waals surface area contributed by atoms with Gasteiger partial charge >= 0.3 is 0 Å². The van der Waals surface area contributed by atoms with Crippen LogP contribution >= 0.6 is 15.9 Å².